The standard InChI is InChI=1S/C5H6ClN/c1-7-3-2-5(6)4-7/h2-3,5H,1H3. The van der Waals surface area contributed by atoms with Crippen LogP contribution >= 0.6 is 11.6 Å². The normalized spacial score (nSPS) is 29.4. The summed E-state index contributed by atoms with van der Waals surface area (Å²) in [5, 5.41) is -0.00926. The van der Waals surface area contributed by atoms with E-state index < -0.39 is 0 Å². The molecule has 0 spiro atoms. The zero-order valence-corrected chi connectivity index (χ0v) is 4.81. The third-order valence-corrected chi connectivity index (χ3v) is 1.05. The topological polar surface area (TPSA) is 3.24 Å². The molecule has 0 N–H and O–H groups in total. The van der Waals surface area contributed by atoms with E-state index in [9.17, 15) is 0 Å². The number of halogens is 1. The Hall–Kier alpha value is -0.170. The Labute approximate surface area is 48.6 Å². The van der Waals surface area contributed by atoms with Crippen molar-refractivity contribution in [3.8, 4) is 0 Å². The predicted octanol–water partition coefficient (Wildman–Crippen LogP) is 1.09. The van der Waals surface area contributed by atoms with Crippen LogP contribution in [0.25, 0.3) is 0 Å². The molecule has 1 rings (SSSR count). The number of hydrogen-bond donors (Lipinski definition) is 0. The second-order valence-electron chi connectivity index (χ2n) is 1.48. The quantitative estimate of drug-likeness (QED) is 0.427. The van der Waals surface area contributed by atoms with Gasteiger partial charge in [0.25, 0.3) is 0 Å². The first-order valence-electron chi connectivity index (χ1n) is 2.10. The van der Waals surface area contributed by atoms with Gasteiger partial charge in [-0.25, -0.2) is 0 Å². The number of nitrogens with zero attached hydrogens (tertiary/aromatic N) is 1. The molecule has 1 unspecified atom stereocenters. The van der Waals surface area contributed by atoms with Crippen LogP contribution in [0, 0.1) is 6.54 Å². The van der Waals surface area contributed by atoms with Crippen LogP contribution in [-0.4, -0.2) is 17.3 Å². The Morgan fingerprint density at radius 1 is 1.86 bits per heavy atom. The molecule has 0 saturated heterocycles. The first-order valence-corrected chi connectivity index (χ1v) is 2.54. The van der Waals surface area contributed by atoms with E-state index in [1.165, 1.54) is 0 Å². The highest BCUT2D eigenvalue weighted by molar-refractivity contribution is 6.22. The van der Waals surface area contributed by atoms with Crippen LogP contribution in [0.4, 0.5) is 0 Å². The van der Waals surface area contributed by atoms with Crippen LogP contribution in [0.15, 0.2) is 12.3 Å². The van der Waals surface area contributed by atoms with E-state index in [1.54, 1.807) is 0 Å². The molecule has 38 valence electrons. The van der Waals surface area contributed by atoms with Gasteiger partial charge in [0.2, 0.25) is 0 Å². The summed E-state index contributed by atoms with van der Waals surface area (Å²) >= 11 is 5.57. The van der Waals surface area contributed by atoms with Crippen LogP contribution < -0.4 is 0 Å². The highest BCUT2D eigenvalue weighted by Crippen LogP contribution is 2.12. The van der Waals surface area contributed by atoms with Gasteiger partial charge in [-0.1, -0.05) is 0 Å². The van der Waals surface area contributed by atoms with Crippen LogP contribution in [0.3, 0.4) is 0 Å². The van der Waals surface area contributed by atoms with Crippen molar-refractivity contribution in [3.05, 3.63) is 18.8 Å². The summed E-state index contributed by atoms with van der Waals surface area (Å²) in [6, 6.07) is 0. The van der Waals surface area contributed by atoms with Crippen molar-refractivity contribution >= 4 is 11.6 Å². The summed E-state index contributed by atoms with van der Waals surface area (Å²) < 4.78 is 0. The van der Waals surface area contributed by atoms with Gasteiger partial charge in [-0.2, -0.15) is 0 Å². The average Bonchev–Trinajstić information content (AvgIpc) is 1.87. The first kappa shape index (κ1) is 4.98. The van der Waals surface area contributed by atoms with E-state index in [0.29, 0.717) is 0 Å². The lowest BCUT2D eigenvalue weighted by atomic mass is 10.5. The SMILES string of the molecule is CN1[C]C(Cl)C=C1. The van der Waals surface area contributed by atoms with E-state index in [2.05, 4.69) is 6.54 Å². The summed E-state index contributed by atoms with van der Waals surface area (Å²) in [5.74, 6) is 0. The largest absolute Gasteiger partial charge is 0.368 e. The number of alkyl halides is 1. The van der Waals surface area contributed by atoms with Crippen LogP contribution in [0.1, 0.15) is 0 Å². The molecule has 0 aromatic carbocycles. The van der Waals surface area contributed by atoms with Gasteiger partial charge < -0.3 is 4.90 Å². The van der Waals surface area contributed by atoms with E-state index in [4.69, 9.17) is 11.6 Å². The lowest BCUT2D eigenvalue weighted by molar-refractivity contribution is 0.577. The van der Waals surface area contributed by atoms with Crippen molar-refractivity contribution in [1.29, 1.82) is 0 Å². The van der Waals surface area contributed by atoms with Crippen molar-refractivity contribution in [3.63, 3.8) is 0 Å². The molecular weight excluding hydrogens is 110 g/mol. The van der Waals surface area contributed by atoms with Gasteiger partial charge in [-0.3, -0.25) is 0 Å². The van der Waals surface area contributed by atoms with Gasteiger partial charge in [0.05, 0.1) is 5.38 Å². The third-order valence-electron chi connectivity index (χ3n) is 0.806. The van der Waals surface area contributed by atoms with Crippen molar-refractivity contribution in [2.75, 3.05) is 7.05 Å². The number of hydrogen-bond acceptors (Lipinski definition) is 1. The molecule has 7 heavy (non-hydrogen) atoms. The second-order valence-corrected chi connectivity index (χ2v) is 1.95. The minimum absolute atomic E-state index is 0.00926. The molecule has 0 saturated carbocycles. The zero-order valence-electron chi connectivity index (χ0n) is 4.06. The molecule has 1 aliphatic heterocycles. The molecule has 1 atom stereocenters. The average molecular weight is 116 g/mol. The Morgan fingerprint density at radius 2 is 2.57 bits per heavy atom. The van der Waals surface area contributed by atoms with Crippen molar-refractivity contribution in [1.82, 2.24) is 4.90 Å². The van der Waals surface area contributed by atoms with Crippen LogP contribution in [0.2, 0.25) is 0 Å². The highest BCUT2D eigenvalue weighted by atomic mass is 35.5. The second kappa shape index (κ2) is 1.74. The Bertz CT molecular complexity index is 80.1. The molecule has 1 aliphatic rings. The lowest BCUT2D eigenvalue weighted by Gasteiger charge is -2.02. The Balaban J connectivity index is 2.42. The molecule has 0 aliphatic carbocycles. The number of rotatable bonds is 0. The van der Waals surface area contributed by atoms with Gasteiger partial charge in [-0.05, 0) is 12.3 Å². The van der Waals surface area contributed by atoms with Gasteiger partial charge >= 0.3 is 0 Å². The summed E-state index contributed by atoms with van der Waals surface area (Å²) in [4.78, 5) is 1.82. The Kier molecular flexibility index (Phi) is 1.24. The highest BCUT2D eigenvalue weighted by Gasteiger charge is 2.09. The predicted molar refractivity (Wildman–Crippen MR) is 29.8 cm³/mol. The molecule has 0 aromatic heterocycles. The van der Waals surface area contributed by atoms with Crippen molar-refractivity contribution in [2.24, 2.45) is 0 Å². The van der Waals surface area contributed by atoms with Crippen molar-refractivity contribution < 1.29 is 0 Å². The van der Waals surface area contributed by atoms with Gasteiger partial charge in [0.15, 0.2) is 0 Å². The van der Waals surface area contributed by atoms with E-state index in [-0.39, 0.29) is 5.38 Å². The fourth-order valence-electron chi connectivity index (χ4n) is 0.485. The fourth-order valence-corrected chi connectivity index (χ4v) is 0.704. The zero-order chi connectivity index (χ0) is 5.28. The fraction of sp³-hybridized carbons (Fsp3) is 0.400. The van der Waals surface area contributed by atoms with E-state index in [0.717, 1.165) is 0 Å². The molecule has 1 nitrogen and oxygen atoms in total. The molecule has 0 bridgehead atoms. The summed E-state index contributed by atoms with van der Waals surface area (Å²) in [6.07, 6.45) is 3.76. The monoisotopic (exact) mass is 115 g/mol. The van der Waals surface area contributed by atoms with Gasteiger partial charge in [0.1, 0.15) is 6.54 Å². The van der Waals surface area contributed by atoms with Crippen LogP contribution in [-0.2, 0) is 0 Å². The Morgan fingerprint density at radius 3 is 2.71 bits per heavy atom. The van der Waals surface area contributed by atoms with E-state index in [1.807, 2.05) is 24.2 Å². The molecule has 1 heterocycles. The molecule has 2 heteroatoms. The van der Waals surface area contributed by atoms with Gasteiger partial charge in [0, 0.05) is 7.05 Å². The van der Waals surface area contributed by atoms with Crippen molar-refractivity contribution in [2.45, 2.75) is 5.38 Å². The smallest absolute Gasteiger partial charge is 0.114 e. The first-order chi connectivity index (χ1) is 3.29. The lowest BCUT2D eigenvalue weighted by Crippen LogP contribution is -2.04. The molecule has 0 fully saturated rings. The van der Waals surface area contributed by atoms with Gasteiger partial charge in [-0.15, -0.1) is 11.6 Å². The molecule has 0 amide bonds. The molecule has 2 radical (unpaired) electrons. The van der Waals surface area contributed by atoms with E-state index >= 15 is 0 Å². The summed E-state index contributed by atoms with van der Waals surface area (Å²) in [7, 11) is 1.90. The summed E-state index contributed by atoms with van der Waals surface area (Å²) in [6.45, 7) is 2.90. The van der Waals surface area contributed by atoms with Crippen LogP contribution in [0.5, 0.6) is 0 Å². The minimum Gasteiger partial charge on any atom is -0.368 e. The maximum absolute atomic E-state index is 5.57. The minimum atomic E-state index is -0.00926. The molecule has 0 aromatic rings. The third kappa shape index (κ3) is 1.10. The summed E-state index contributed by atoms with van der Waals surface area (Å²) in [5.41, 5.74) is 0. The maximum Gasteiger partial charge on any atom is 0.114 e. The maximum atomic E-state index is 5.57. The molecular formula is C5H6ClN.